The minimum Gasteiger partial charge on any atom is -0.398 e. The first-order chi connectivity index (χ1) is 15.2. The van der Waals surface area contributed by atoms with Gasteiger partial charge in [-0.05, 0) is 30.7 Å². The number of hydrogen-bond donors (Lipinski definition) is 1. The van der Waals surface area contributed by atoms with Crippen molar-refractivity contribution in [2.24, 2.45) is 0 Å². The van der Waals surface area contributed by atoms with Crippen molar-refractivity contribution < 1.29 is 13.2 Å². The van der Waals surface area contributed by atoms with E-state index in [1.54, 1.807) is 29.5 Å². The predicted octanol–water partition coefficient (Wildman–Crippen LogP) is 8.59. The summed E-state index contributed by atoms with van der Waals surface area (Å²) in [6.07, 6.45) is 1.93. The Balaban J connectivity index is 1.91. The minimum atomic E-state index is -4.56. The SMILES string of the molecule is CCCCCCCCN(C)c1ccc(N)c(-c2nc(-c3ccc(Cl)s3)cs2)c1C(F)(F)F. The van der Waals surface area contributed by atoms with E-state index in [0.717, 1.165) is 35.5 Å². The van der Waals surface area contributed by atoms with Crippen LogP contribution in [0, 0.1) is 0 Å². The molecule has 174 valence electrons. The van der Waals surface area contributed by atoms with E-state index in [1.165, 1.54) is 36.7 Å². The molecular formula is C23H27ClF3N3S2. The van der Waals surface area contributed by atoms with Crippen LogP contribution >= 0.6 is 34.3 Å². The van der Waals surface area contributed by atoms with Gasteiger partial charge in [-0.3, -0.25) is 0 Å². The first-order valence-electron chi connectivity index (χ1n) is 10.6. The summed E-state index contributed by atoms with van der Waals surface area (Å²) in [7, 11) is 1.71. The van der Waals surface area contributed by atoms with Gasteiger partial charge in [0.15, 0.2) is 0 Å². The largest absolute Gasteiger partial charge is 0.419 e. The van der Waals surface area contributed by atoms with E-state index < -0.39 is 11.7 Å². The molecule has 0 saturated heterocycles. The van der Waals surface area contributed by atoms with Crippen LogP contribution < -0.4 is 10.6 Å². The lowest BCUT2D eigenvalue weighted by Crippen LogP contribution is -2.23. The molecule has 0 spiro atoms. The smallest absolute Gasteiger partial charge is 0.398 e. The lowest BCUT2D eigenvalue weighted by molar-refractivity contribution is -0.136. The number of unbranched alkanes of at least 4 members (excludes halogenated alkanes) is 5. The van der Waals surface area contributed by atoms with Crippen LogP contribution in [0.2, 0.25) is 4.34 Å². The molecule has 2 aromatic heterocycles. The third kappa shape index (κ3) is 5.97. The Bertz CT molecular complexity index is 1030. The molecule has 3 rings (SSSR count). The molecule has 1 aromatic carbocycles. The molecule has 3 aromatic rings. The number of aromatic nitrogens is 1. The van der Waals surface area contributed by atoms with Gasteiger partial charge in [-0.25, -0.2) is 4.98 Å². The zero-order valence-electron chi connectivity index (χ0n) is 18.1. The van der Waals surface area contributed by atoms with Crippen molar-refractivity contribution in [2.75, 3.05) is 24.2 Å². The molecule has 2 N–H and O–H groups in total. The van der Waals surface area contributed by atoms with Crippen LogP contribution in [0.4, 0.5) is 24.5 Å². The fourth-order valence-corrected chi connectivity index (χ4v) is 5.62. The van der Waals surface area contributed by atoms with E-state index in [2.05, 4.69) is 11.9 Å². The van der Waals surface area contributed by atoms with Crippen molar-refractivity contribution in [3.05, 3.63) is 39.5 Å². The van der Waals surface area contributed by atoms with Crippen LogP contribution in [0.25, 0.3) is 21.1 Å². The lowest BCUT2D eigenvalue weighted by atomic mass is 10.0. The van der Waals surface area contributed by atoms with Gasteiger partial charge in [0.05, 0.1) is 20.5 Å². The normalized spacial score (nSPS) is 11.8. The number of thiazole rings is 1. The number of anilines is 2. The van der Waals surface area contributed by atoms with Crippen LogP contribution in [0.5, 0.6) is 0 Å². The van der Waals surface area contributed by atoms with Crippen molar-refractivity contribution >= 4 is 45.6 Å². The molecule has 2 heterocycles. The molecule has 0 amide bonds. The minimum absolute atomic E-state index is 0.0521. The molecule has 0 aliphatic heterocycles. The number of nitrogens with zero attached hydrogens (tertiary/aromatic N) is 2. The summed E-state index contributed by atoms with van der Waals surface area (Å²) in [6, 6.07) is 6.56. The van der Waals surface area contributed by atoms with Crippen LogP contribution in [0.3, 0.4) is 0 Å². The fourth-order valence-electron chi connectivity index (χ4n) is 3.65. The number of nitrogen functional groups attached to an aromatic ring is 1. The maximum Gasteiger partial charge on any atom is 0.419 e. The van der Waals surface area contributed by atoms with Gasteiger partial charge >= 0.3 is 6.18 Å². The summed E-state index contributed by atoms with van der Waals surface area (Å²) in [6.45, 7) is 2.71. The Morgan fingerprint density at radius 3 is 2.44 bits per heavy atom. The number of halogens is 4. The molecule has 0 bridgehead atoms. The lowest BCUT2D eigenvalue weighted by Gasteiger charge is -2.26. The maximum atomic E-state index is 14.3. The first-order valence-corrected chi connectivity index (χ1v) is 12.7. The molecule has 0 radical (unpaired) electrons. The standard InChI is InChI=1S/C23H27ClF3N3S2/c1-3-4-5-6-7-8-13-30(2)17-10-9-15(28)20(21(17)23(25,26)27)22-29-16(14-31-22)18-11-12-19(24)32-18/h9-12,14H,3-8,13,28H2,1-2H3. The number of alkyl halides is 3. The quantitative estimate of drug-likeness (QED) is 0.223. The summed E-state index contributed by atoms with van der Waals surface area (Å²) in [5.41, 5.74) is 6.09. The average Bonchev–Trinajstić information content (AvgIpc) is 3.38. The number of hydrogen-bond acceptors (Lipinski definition) is 5. The summed E-state index contributed by atoms with van der Waals surface area (Å²) in [4.78, 5) is 6.96. The van der Waals surface area contributed by atoms with Gasteiger partial charge in [0.25, 0.3) is 0 Å². The van der Waals surface area contributed by atoms with E-state index in [9.17, 15) is 13.2 Å². The van der Waals surface area contributed by atoms with Crippen LogP contribution in [-0.2, 0) is 6.18 Å². The number of thiophene rings is 1. The molecule has 3 nitrogen and oxygen atoms in total. The van der Waals surface area contributed by atoms with E-state index >= 15 is 0 Å². The second-order valence-electron chi connectivity index (χ2n) is 7.75. The Hall–Kier alpha value is -1.77. The van der Waals surface area contributed by atoms with Gasteiger partial charge in [-0.1, -0.05) is 50.6 Å². The first kappa shape index (κ1) is 24.9. The van der Waals surface area contributed by atoms with Crippen LogP contribution in [0.1, 0.15) is 51.0 Å². The molecule has 0 aliphatic rings. The van der Waals surface area contributed by atoms with Gasteiger partial charge in [-0.2, -0.15) is 13.2 Å². The van der Waals surface area contributed by atoms with Crippen LogP contribution in [-0.4, -0.2) is 18.6 Å². The van der Waals surface area contributed by atoms with Crippen molar-refractivity contribution in [3.63, 3.8) is 0 Å². The topological polar surface area (TPSA) is 42.1 Å². The monoisotopic (exact) mass is 501 g/mol. The summed E-state index contributed by atoms with van der Waals surface area (Å²) < 4.78 is 43.4. The molecule has 0 unspecified atom stereocenters. The second kappa shape index (κ2) is 10.9. The molecular weight excluding hydrogens is 475 g/mol. The van der Waals surface area contributed by atoms with Crippen molar-refractivity contribution in [1.82, 2.24) is 4.98 Å². The van der Waals surface area contributed by atoms with E-state index in [4.69, 9.17) is 17.3 Å². The van der Waals surface area contributed by atoms with Gasteiger partial charge in [0, 0.05) is 35.9 Å². The highest BCUT2D eigenvalue weighted by Gasteiger charge is 2.39. The summed E-state index contributed by atoms with van der Waals surface area (Å²) >= 11 is 8.49. The number of rotatable bonds is 10. The van der Waals surface area contributed by atoms with Gasteiger partial charge in [0.1, 0.15) is 5.01 Å². The summed E-state index contributed by atoms with van der Waals surface area (Å²) in [5.74, 6) is 0. The Labute approximate surface area is 200 Å². The van der Waals surface area contributed by atoms with E-state index in [1.807, 2.05) is 6.07 Å². The number of nitrogens with two attached hydrogens (primary N) is 1. The maximum absolute atomic E-state index is 14.3. The Morgan fingerprint density at radius 2 is 1.78 bits per heavy atom. The molecule has 0 atom stereocenters. The fraction of sp³-hybridized carbons (Fsp3) is 0.435. The highest BCUT2D eigenvalue weighted by molar-refractivity contribution is 7.20. The van der Waals surface area contributed by atoms with Crippen molar-refractivity contribution in [1.29, 1.82) is 0 Å². The highest BCUT2D eigenvalue weighted by Crippen LogP contribution is 2.47. The third-order valence-electron chi connectivity index (χ3n) is 5.30. The molecule has 32 heavy (non-hydrogen) atoms. The molecule has 9 heteroatoms. The third-order valence-corrected chi connectivity index (χ3v) is 7.41. The van der Waals surface area contributed by atoms with E-state index in [0.29, 0.717) is 16.6 Å². The number of benzene rings is 1. The van der Waals surface area contributed by atoms with Gasteiger partial charge in [0.2, 0.25) is 0 Å². The summed E-state index contributed by atoms with van der Waals surface area (Å²) in [5, 5.41) is 1.99. The Morgan fingerprint density at radius 1 is 1.06 bits per heavy atom. The van der Waals surface area contributed by atoms with Crippen molar-refractivity contribution in [3.8, 4) is 21.1 Å². The van der Waals surface area contributed by atoms with Crippen molar-refractivity contribution in [2.45, 2.75) is 51.6 Å². The Kier molecular flexibility index (Phi) is 8.47. The molecule has 0 fully saturated rings. The van der Waals surface area contributed by atoms with Crippen LogP contribution in [0.15, 0.2) is 29.6 Å². The predicted molar refractivity (Wildman–Crippen MR) is 132 cm³/mol. The molecule has 0 aliphatic carbocycles. The van der Waals surface area contributed by atoms with Gasteiger partial charge < -0.3 is 10.6 Å². The average molecular weight is 502 g/mol. The second-order valence-corrected chi connectivity index (χ2v) is 10.3. The zero-order chi connectivity index (χ0) is 23.3. The van der Waals surface area contributed by atoms with Gasteiger partial charge in [-0.15, -0.1) is 22.7 Å². The molecule has 0 saturated carbocycles. The zero-order valence-corrected chi connectivity index (χ0v) is 20.5. The highest BCUT2D eigenvalue weighted by atomic mass is 35.5. The van der Waals surface area contributed by atoms with E-state index in [-0.39, 0.29) is 21.9 Å².